The molecule has 0 bridgehead atoms. The van der Waals surface area contributed by atoms with Crippen LogP contribution in [0, 0.1) is 0 Å². The highest BCUT2D eigenvalue weighted by molar-refractivity contribution is 6.55. The summed E-state index contributed by atoms with van der Waals surface area (Å²) in [7, 11) is 0. The van der Waals surface area contributed by atoms with Crippen molar-refractivity contribution in [3.63, 3.8) is 0 Å². The molecule has 0 aliphatic heterocycles. The molecule has 10 aromatic rings. The maximum absolute atomic E-state index is 9.60. The summed E-state index contributed by atoms with van der Waals surface area (Å²) in [6, 6.07) is 41.0. The molecular formula is C40H26O2. The van der Waals surface area contributed by atoms with Crippen LogP contribution in [0.3, 0.4) is 0 Å². The van der Waals surface area contributed by atoms with E-state index in [0.29, 0.717) is 6.42 Å². The molecule has 0 radical (unpaired) electrons. The second-order valence-electron chi connectivity index (χ2n) is 11.5. The number of hydrogen-bond donors (Lipinski definition) is 1. The van der Waals surface area contributed by atoms with Gasteiger partial charge in [0.15, 0.2) is 0 Å². The van der Waals surface area contributed by atoms with Gasteiger partial charge in [0.2, 0.25) is 0 Å². The monoisotopic (exact) mass is 538 g/mol. The van der Waals surface area contributed by atoms with Crippen LogP contribution in [0.4, 0.5) is 0 Å². The highest BCUT2D eigenvalue weighted by atomic mass is 16.4. The SMILES string of the molecule is CCCC(=O)O.c1cc2cccc3c2c(c1)c1c2c4cccc5cccc(c54)c2c2c4cccc5cccc(c54)c2c31. The van der Waals surface area contributed by atoms with Gasteiger partial charge in [-0.3, -0.25) is 4.79 Å². The first kappa shape index (κ1) is 23.5. The summed E-state index contributed by atoms with van der Waals surface area (Å²) in [4.78, 5) is 9.60. The lowest BCUT2D eigenvalue weighted by molar-refractivity contribution is -0.137. The van der Waals surface area contributed by atoms with E-state index >= 15 is 0 Å². The van der Waals surface area contributed by atoms with Crippen LogP contribution in [0.15, 0.2) is 109 Å². The van der Waals surface area contributed by atoms with Crippen molar-refractivity contribution in [2.24, 2.45) is 0 Å². The van der Waals surface area contributed by atoms with Crippen LogP contribution in [-0.4, -0.2) is 11.1 Å². The van der Waals surface area contributed by atoms with Crippen LogP contribution < -0.4 is 0 Å². The smallest absolute Gasteiger partial charge is 0.303 e. The van der Waals surface area contributed by atoms with Gasteiger partial charge >= 0.3 is 5.97 Å². The molecule has 10 rings (SSSR count). The first-order valence-electron chi connectivity index (χ1n) is 14.7. The Kier molecular flexibility index (Phi) is 4.70. The third-order valence-electron chi connectivity index (χ3n) is 9.29. The highest BCUT2D eigenvalue weighted by Crippen LogP contribution is 2.55. The van der Waals surface area contributed by atoms with Gasteiger partial charge in [0.05, 0.1) is 0 Å². The zero-order chi connectivity index (χ0) is 28.1. The van der Waals surface area contributed by atoms with E-state index in [1.165, 1.54) is 97.0 Å². The van der Waals surface area contributed by atoms with Crippen molar-refractivity contribution in [1.82, 2.24) is 0 Å². The number of carboxylic acid groups (broad SMARTS) is 1. The van der Waals surface area contributed by atoms with E-state index < -0.39 is 5.97 Å². The average molecular weight is 539 g/mol. The van der Waals surface area contributed by atoms with Crippen LogP contribution in [0.1, 0.15) is 19.8 Å². The summed E-state index contributed by atoms with van der Waals surface area (Å²) in [6.07, 6.45) is 1.02. The van der Waals surface area contributed by atoms with Crippen molar-refractivity contribution in [1.29, 1.82) is 0 Å². The zero-order valence-corrected chi connectivity index (χ0v) is 23.2. The van der Waals surface area contributed by atoms with Crippen molar-refractivity contribution in [2.45, 2.75) is 19.8 Å². The van der Waals surface area contributed by atoms with E-state index in [1.54, 1.807) is 0 Å². The minimum absolute atomic E-state index is 0.292. The number of fused-ring (bicyclic) bond motifs is 12. The normalized spacial score (nSPS) is 12.3. The van der Waals surface area contributed by atoms with Crippen LogP contribution in [0.25, 0.3) is 97.0 Å². The molecule has 0 amide bonds. The fourth-order valence-electron chi connectivity index (χ4n) is 7.85. The van der Waals surface area contributed by atoms with Crippen LogP contribution >= 0.6 is 0 Å². The highest BCUT2D eigenvalue weighted by Gasteiger charge is 2.26. The second kappa shape index (κ2) is 8.41. The number of benzene rings is 7. The Labute approximate surface area is 241 Å². The maximum atomic E-state index is 9.60. The summed E-state index contributed by atoms with van der Waals surface area (Å²) in [6.45, 7) is 1.84. The fourth-order valence-corrected chi connectivity index (χ4v) is 7.85. The van der Waals surface area contributed by atoms with Gasteiger partial charge in [0, 0.05) is 6.42 Å². The van der Waals surface area contributed by atoms with Gasteiger partial charge < -0.3 is 5.11 Å². The molecule has 2 heteroatoms. The molecule has 0 aromatic heterocycles. The molecule has 0 heterocycles. The molecule has 0 spiro atoms. The molecule has 0 aliphatic carbocycles. The number of rotatable bonds is 2. The van der Waals surface area contributed by atoms with E-state index in [4.69, 9.17) is 5.11 Å². The van der Waals surface area contributed by atoms with Gasteiger partial charge in [-0.15, -0.1) is 0 Å². The zero-order valence-electron chi connectivity index (χ0n) is 23.2. The Hall–Kier alpha value is -5.21. The lowest BCUT2D eigenvalue weighted by Gasteiger charge is -2.04. The van der Waals surface area contributed by atoms with Gasteiger partial charge in [0.1, 0.15) is 0 Å². The van der Waals surface area contributed by atoms with Gasteiger partial charge in [-0.05, 0) is 103 Å². The predicted octanol–water partition coefficient (Wildman–Crippen LogP) is 11.2. The molecule has 10 aromatic carbocycles. The Bertz CT molecular complexity index is 2190. The molecule has 0 aliphatic rings. The fraction of sp³-hybridized carbons (Fsp3) is 0.0750. The van der Waals surface area contributed by atoms with Gasteiger partial charge in [-0.1, -0.05) is 116 Å². The lowest BCUT2D eigenvalue weighted by Crippen LogP contribution is -1.90. The van der Waals surface area contributed by atoms with E-state index in [1.807, 2.05) is 6.92 Å². The summed E-state index contributed by atoms with van der Waals surface area (Å²) < 4.78 is 0. The second-order valence-corrected chi connectivity index (χ2v) is 11.5. The Balaban J connectivity index is 0.000000382. The molecule has 198 valence electrons. The standard InChI is InChI=1S/C36H18.C4H8O2/c1-7-19-8-2-14-23-28(19)22(13-1)31-32(23)34-26-17-5-11-21-12-6-18-27(30(21)26)36(34)35-25-16-4-10-20-9-3-15-24(29(20)25)33(31)35;1-2-3-4(5)6/h1-18H;2-3H2,1H3,(H,5,6). The van der Waals surface area contributed by atoms with E-state index in [-0.39, 0.29) is 0 Å². The molecule has 0 fully saturated rings. The van der Waals surface area contributed by atoms with Gasteiger partial charge in [0.25, 0.3) is 0 Å². The lowest BCUT2D eigenvalue weighted by atomic mass is 9.97. The Morgan fingerprint density at radius 3 is 0.833 bits per heavy atom. The molecule has 42 heavy (non-hydrogen) atoms. The molecule has 0 saturated heterocycles. The van der Waals surface area contributed by atoms with Crippen molar-refractivity contribution in [2.75, 3.05) is 0 Å². The summed E-state index contributed by atoms with van der Waals surface area (Å²) in [5.41, 5.74) is 0. The quantitative estimate of drug-likeness (QED) is 0.238. The molecule has 2 nitrogen and oxygen atoms in total. The topological polar surface area (TPSA) is 37.3 Å². The van der Waals surface area contributed by atoms with Crippen LogP contribution in [0.5, 0.6) is 0 Å². The van der Waals surface area contributed by atoms with E-state index in [2.05, 4.69) is 109 Å². The summed E-state index contributed by atoms with van der Waals surface area (Å²) in [5.74, 6) is -0.711. The molecule has 0 saturated carbocycles. The minimum Gasteiger partial charge on any atom is -0.481 e. The molecular weight excluding hydrogens is 512 g/mol. The largest absolute Gasteiger partial charge is 0.481 e. The van der Waals surface area contributed by atoms with Crippen molar-refractivity contribution in [3.8, 4) is 0 Å². The summed E-state index contributed by atoms with van der Waals surface area (Å²) in [5, 5.41) is 32.9. The average Bonchev–Trinajstić information content (AvgIpc) is 3.64. The van der Waals surface area contributed by atoms with E-state index in [0.717, 1.165) is 6.42 Å². The molecule has 1 N–H and O–H groups in total. The minimum atomic E-state index is -0.711. The van der Waals surface area contributed by atoms with Crippen LogP contribution in [-0.2, 0) is 4.79 Å². The Morgan fingerprint density at radius 1 is 0.429 bits per heavy atom. The van der Waals surface area contributed by atoms with Crippen molar-refractivity contribution in [3.05, 3.63) is 109 Å². The predicted molar refractivity (Wildman–Crippen MR) is 180 cm³/mol. The molecule has 0 unspecified atom stereocenters. The van der Waals surface area contributed by atoms with Gasteiger partial charge in [-0.2, -0.15) is 0 Å². The Morgan fingerprint density at radius 2 is 0.667 bits per heavy atom. The number of hydrogen-bond acceptors (Lipinski definition) is 1. The van der Waals surface area contributed by atoms with Crippen molar-refractivity contribution < 1.29 is 9.90 Å². The molecule has 0 atom stereocenters. The first-order chi connectivity index (χ1) is 20.7. The first-order valence-corrected chi connectivity index (χ1v) is 14.7. The number of carbonyl (C=O) groups is 1. The number of carboxylic acids is 1. The maximum Gasteiger partial charge on any atom is 0.303 e. The van der Waals surface area contributed by atoms with Gasteiger partial charge in [-0.25, -0.2) is 0 Å². The summed E-state index contributed by atoms with van der Waals surface area (Å²) >= 11 is 0. The number of aliphatic carboxylic acids is 1. The third-order valence-corrected chi connectivity index (χ3v) is 9.29. The van der Waals surface area contributed by atoms with E-state index in [9.17, 15) is 4.79 Å². The van der Waals surface area contributed by atoms with Crippen molar-refractivity contribution >= 4 is 103 Å². The third kappa shape index (κ3) is 2.86. The van der Waals surface area contributed by atoms with Crippen LogP contribution in [0.2, 0.25) is 0 Å².